The lowest BCUT2D eigenvalue weighted by atomic mass is 10.2. The third kappa shape index (κ3) is 4.21. The van der Waals surface area contributed by atoms with Gasteiger partial charge in [0, 0.05) is 19.6 Å². The highest BCUT2D eigenvalue weighted by Gasteiger charge is 2.27. The molecule has 2 aromatic carbocycles. The zero-order chi connectivity index (χ0) is 22.9. The van der Waals surface area contributed by atoms with Gasteiger partial charge in [-0.25, -0.2) is 13.4 Å². The lowest BCUT2D eigenvalue weighted by Crippen LogP contribution is -2.40. The maximum Gasteiger partial charge on any atom is 0.243 e. The van der Waals surface area contributed by atoms with E-state index in [2.05, 4.69) is 4.98 Å². The molecule has 3 aromatic rings. The fraction of sp³-hybridized carbons (Fsp3) is 0.318. The van der Waals surface area contributed by atoms with E-state index in [4.69, 9.17) is 21.1 Å². The standard InChI is InChI=1S/C22H24ClN3O5S/c1-3-26-19-6-5-16(32(28,29)25-8-10-31-11-9-25)14-18(19)24-22(26)17(23)12-15-4-7-20(27)21(13-15)30-2/h4-7,12-14,27H,3,8-11H2,1-2H3/b17-12+. The number of aromatic hydroxyl groups is 1. The molecule has 1 saturated heterocycles. The van der Waals surface area contributed by atoms with Crippen molar-refractivity contribution in [1.82, 2.24) is 13.9 Å². The number of imidazole rings is 1. The maximum atomic E-state index is 13.0. The number of nitrogens with zero attached hydrogens (tertiary/aromatic N) is 3. The Hall–Kier alpha value is -2.59. The topological polar surface area (TPSA) is 93.9 Å². The number of halogens is 1. The molecule has 0 saturated carbocycles. The van der Waals surface area contributed by atoms with Crippen molar-refractivity contribution in [3.8, 4) is 11.5 Å². The summed E-state index contributed by atoms with van der Waals surface area (Å²) >= 11 is 6.62. The number of aromatic nitrogens is 2. The normalized spacial score (nSPS) is 15.9. The predicted molar refractivity (Wildman–Crippen MR) is 123 cm³/mol. The second-order valence-electron chi connectivity index (χ2n) is 7.27. The molecule has 32 heavy (non-hydrogen) atoms. The smallest absolute Gasteiger partial charge is 0.243 e. The minimum atomic E-state index is -3.63. The Bertz CT molecular complexity index is 1280. The third-order valence-corrected chi connectivity index (χ3v) is 7.53. The van der Waals surface area contributed by atoms with Gasteiger partial charge in [0.2, 0.25) is 10.0 Å². The molecule has 8 nitrogen and oxygen atoms in total. The van der Waals surface area contributed by atoms with Crippen LogP contribution in [0, 0.1) is 0 Å². The minimum Gasteiger partial charge on any atom is -0.504 e. The van der Waals surface area contributed by atoms with Crippen LogP contribution in [0.2, 0.25) is 0 Å². The number of methoxy groups -OCH3 is 1. The van der Waals surface area contributed by atoms with Crippen LogP contribution in [0.15, 0.2) is 41.3 Å². The summed E-state index contributed by atoms with van der Waals surface area (Å²) in [4.78, 5) is 4.83. The number of ether oxygens (including phenoxy) is 2. The second kappa shape index (κ2) is 9.11. The van der Waals surface area contributed by atoms with E-state index in [1.165, 1.54) is 17.5 Å². The first-order chi connectivity index (χ1) is 15.3. The number of rotatable bonds is 6. The first-order valence-corrected chi connectivity index (χ1v) is 12.0. The van der Waals surface area contributed by atoms with Crippen molar-refractivity contribution in [3.05, 3.63) is 47.8 Å². The molecule has 1 aliphatic heterocycles. The van der Waals surface area contributed by atoms with Gasteiger partial charge in [0.1, 0.15) is 0 Å². The third-order valence-electron chi connectivity index (χ3n) is 5.35. The Morgan fingerprint density at radius 2 is 2.00 bits per heavy atom. The summed E-state index contributed by atoms with van der Waals surface area (Å²) in [6.07, 6.45) is 1.72. The summed E-state index contributed by atoms with van der Waals surface area (Å²) < 4.78 is 39.8. The van der Waals surface area contributed by atoms with Gasteiger partial charge in [0.05, 0.1) is 41.3 Å². The summed E-state index contributed by atoms with van der Waals surface area (Å²) in [5.41, 5.74) is 2.07. The molecule has 0 radical (unpaired) electrons. The van der Waals surface area contributed by atoms with Crippen molar-refractivity contribution in [2.45, 2.75) is 18.4 Å². The van der Waals surface area contributed by atoms with E-state index < -0.39 is 10.0 Å². The highest BCUT2D eigenvalue weighted by atomic mass is 35.5. The molecular formula is C22H24ClN3O5S. The molecule has 4 rings (SSSR count). The van der Waals surface area contributed by atoms with Gasteiger partial charge >= 0.3 is 0 Å². The Labute approximate surface area is 191 Å². The number of benzene rings is 2. The zero-order valence-corrected chi connectivity index (χ0v) is 19.4. The maximum absolute atomic E-state index is 13.0. The quantitative estimate of drug-likeness (QED) is 0.583. The van der Waals surface area contributed by atoms with Crippen LogP contribution in [0.25, 0.3) is 22.1 Å². The summed E-state index contributed by atoms with van der Waals surface area (Å²) in [7, 11) is -2.15. The highest BCUT2D eigenvalue weighted by molar-refractivity contribution is 7.89. The van der Waals surface area contributed by atoms with Crippen LogP contribution in [-0.4, -0.2) is 60.8 Å². The Kier molecular flexibility index (Phi) is 6.43. The van der Waals surface area contributed by atoms with Crippen molar-refractivity contribution in [1.29, 1.82) is 0 Å². The average Bonchev–Trinajstić information content (AvgIpc) is 3.19. The molecule has 2 heterocycles. The van der Waals surface area contributed by atoms with Crippen LogP contribution in [0.5, 0.6) is 11.5 Å². The molecule has 0 aliphatic carbocycles. The number of morpholine rings is 1. The zero-order valence-electron chi connectivity index (χ0n) is 17.8. The van der Waals surface area contributed by atoms with Crippen LogP contribution >= 0.6 is 11.6 Å². The van der Waals surface area contributed by atoms with Crippen molar-refractivity contribution in [2.24, 2.45) is 0 Å². The van der Waals surface area contributed by atoms with Gasteiger partial charge in [-0.05, 0) is 48.9 Å². The molecule has 10 heteroatoms. The van der Waals surface area contributed by atoms with Crippen LogP contribution < -0.4 is 4.74 Å². The number of hydrogen-bond acceptors (Lipinski definition) is 6. The molecule has 0 unspecified atom stereocenters. The predicted octanol–water partition coefficient (Wildman–Crippen LogP) is 3.53. The first kappa shape index (κ1) is 22.6. The van der Waals surface area contributed by atoms with Gasteiger partial charge in [0.25, 0.3) is 0 Å². The largest absolute Gasteiger partial charge is 0.504 e. The summed E-state index contributed by atoms with van der Waals surface area (Å²) in [5.74, 6) is 0.901. The van der Waals surface area contributed by atoms with E-state index in [0.29, 0.717) is 55.0 Å². The first-order valence-electron chi connectivity index (χ1n) is 10.2. The van der Waals surface area contributed by atoms with E-state index in [1.807, 2.05) is 11.5 Å². The van der Waals surface area contributed by atoms with E-state index in [-0.39, 0.29) is 10.6 Å². The van der Waals surface area contributed by atoms with Crippen molar-refractivity contribution in [3.63, 3.8) is 0 Å². The van der Waals surface area contributed by atoms with E-state index >= 15 is 0 Å². The van der Waals surface area contributed by atoms with E-state index in [9.17, 15) is 13.5 Å². The SMILES string of the molecule is CCn1c(/C(Cl)=C\c2ccc(O)c(OC)c2)nc2cc(S(=O)(=O)N3CCOCC3)ccc21. The van der Waals surface area contributed by atoms with Crippen LogP contribution in [-0.2, 0) is 21.3 Å². The molecule has 0 amide bonds. The molecule has 1 aromatic heterocycles. The minimum absolute atomic E-state index is 0.0376. The van der Waals surface area contributed by atoms with E-state index in [0.717, 1.165) is 11.1 Å². The van der Waals surface area contributed by atoms with Crippen molar-refractivity contribution >= 4 is 43.8 Å². The molecule has 1 fully saturated rings. The van der Waals surface area contributed by atoms with Gasteiger partial charge in [-0.1, -0.05) is 17.7 Å². The number of aryl methyl sites for hydroxylation is 1. The van der Waals surface area contributed by atoms with Gasteiger partial charge in [0.15, 0.2) is 17.3 Å². The van der Waals surface area contributed by atoms with E-state index in [1.54, 1.807) is 36.4 Å². The van der Waals surface area contributed by atoms with Crippen LogP contribution in [0.1, 0.15) is 18.3 Å². The fourth-order valence-corrected chi connectivity index (χ4v) is 5.40. The number of sulfonamides is 1. The lowest BCUT2D eigenvalue weighted by molar-refractivity contribution is 0.0730. The number of fused-ring (bicyclic) bond motifs is 1. The molecule has 1 N–H and O–H groups in total. The Morgan fingerprint density at radius 1 is 1.25 bits per heavy atom. The van der Waals surface area contributed by atoms with Gasteiger partial charge in [-0.2, -0.15) is 4.31 Å². The van der Waals surface area contributed by atoms with Crippen molar-refractivity contribution < 1.29 is 23.0 Å². The highest BCUT2D eigenvalue weighted by Crippen LogP contribution is 2.31. The Balaban J connectivity index is 1.74. The monoisotopic (exact) mass is 477 g/mol. The van der Waals surface area contributed by atoms with Crippen molar-refractivity contribution in [2.75, 3.05) is 33.4 Å². The van der Waals surface area contributed by atoms with Crippen LogP contribution in [0.3, 0.4) is 0 Å². The molecule has 170 valence electrons. The summed E-state index contributed by atoms with van der Waals surface area (Å²) in [5, 5.41) is 10.2. The average molecular weight is 478 g/mol. The van der Waals surface area contributed by atoms with Crippen LogP contribution in [0.4, 0.5) is 0 Å². The summed E-state index contributed by atoms with van der Waals surface area (Å²) in [6, 6.07) is 9.86. The molecule has 1 aliphatic rings. The lowest BCUT2D eigenvalue weighted by Gasteiger charge is -2.26. The molecular weight excluding hydrogens is 454 g/mol. The number of phenols is 1. The fourth-order valence-electron chi connectivity index (χ4n) is 3.70. The second-order valence-corrected chi connectivity index (χ2v) is 9.62. The Morgan fingerprint density at radius 3 is 2.69 bits per heavy atom. The molecule has 0 bridgehead atoms. The molecule has 0 atom stereocenters. The van der Waals surface area contributed by atoms with Gasteiger partial charge in [-0.15, -0.1) is 0 Å². The summed E-state index contributed by atoms with van der Waals surface area (Å²) in [6.45, 7) is 4.01. The number of phenolic OH excluding ortho intramolecular Hbond substituents is 1. The van der Waals surface area contributed by atoms with Gasteiger partial charge < -0.3 is 19.1 Å². The van der Waals surface area contributed by atoms with Gasteiger partial charge in [-0.3, -0.25) is 0 Å². The molecule has 0 spiro atoms. The number of hydrogen-bond donors (Lipinski definition) is 1.